The summed E-state index contributed by atoms with van der Waals surface area (Å²) < 4.78 is 10.1. The first-order valence-electron chi connectivity index (χ1n) is 9.45. The molecule has 5 nitrogen and oxygen atoms in total. The minimum Gasteiger partial charge on any atom is -0.376 e. The molecule has 2 heterocycles. The van der Waals surface area contributed by atoms with Crippen molar-refractivity contribution >= 4 is 46.4 Å². The lowest BCUT2D eigenvalue weighted by Gasteiger charge is -2.24. The van der Waals surface area contributed by atoms with Crippen LogP contribution in [0.15, 0.2) is 73.8 Å². The van der Waals surface area contributed by atoms with Gasteiger partial charge in [0, 0.05) is 44.9 Å². The van der Waals surface area contributed by atoms with Gasteiger partial charge in [0.05, 0.1) is 38.0 Å². The molecule has 0 spiro atoms. The number of halogens is 4. The Morgan fingerprint density at radius 2 is 1.16 bits per heavy atom. The van der Waals surface area contributed by atoms with Crippen LogP contribution in [0.2, 0.25) is 20.1 Å². The van der Waals surface area contributed by atoms with Crippen molar-refractivity contribution in [2.24, 2.45) is 0 Å². The van der Waals surface area contributed by atoms with Crippen molar-refractivity contribution in [3.63, 3.8) is 0 Å². The van der Waals surface area contributed by atoms with Gasteiger partial charge in [-0.2, -0.15) is 0 Å². The Balaban J connectivity index is 1.57. The lowest BCUT2D eigenvalue weighted by atomic mass is 10.1. The molecule has 0 unspecified atom stereocenters. The highest BCUT2D eigenvalue weighted by Crippen LogP contribution is 2.31. The summed E-state index contributed by atoms with van der Waals surface area (Å²) in [5.41, 5.74) is 1.79. The monoisotopic (exact) mass is 494 g/mol. The maximum absolute atomic E-state index is 6.48. The van der Waals surface area contributed by atoms with Crippen LogP contribution in [0.25, 0.3) is 0 Å². The van der Waals surface area contributed by atoms with Gasteiger partial charge in [-0.25, -0.2) is 9.97 Å². The van der Waals surface area contributed by atoms with Gasteiger partial charge in [0.1, 0.15) is 0 Å². The van der Waals surface area contributed by atoms with E-state index in [0.717, 1.165) is 11.1 Å². The van der Waals surface area contributed by atoms with Crippen molar-refractivity contribution in [1.82, 2.24) is 19.1 Å². The number of hydrogen-bond donors (Lipinski definition) is 0. The Morgan fingerprint density at radius 1 is 0.710 bits per heavy atom. The van der Waals surface area contributed by atoms with Gasteiger partial charge >= 0.3 is 0 Å². The number of aromatic nitrogens is 4. The topological polar surface area (TPSA) is 44.9 Å². The van der Waals surface area contributed by atoms with E-state index in [0.29, 0.717) is 33.3 Å². The Bertz CT molecular complexity index is 1040. The number of imidazole rings is 2. The van der Waals surface area contributed by atoms with E-state index in [2.05, 4.69) is 9.97 Å². The van der Waals surface area contributed by atoms with Gasteiger partial charge in [0.25, 0.3) is 0 Å². The smallest absolute Gasteiger partial charge is 0.0952 e. The quantitative estimate of drug-likeness (QED) is 0.277. The first kappa shape index (κ1) is 22.2. The number of benzene rings is 2. The highest BCUT2D eigenvalue weighted by Gasteiger charge is 2.21. The molecule has 0 aliphatic carbocycles. The lowest BCUT2D eigenvalue weighted by molar-refractivity contribution is 0.0940. The lowest BCUT2D eigenvalue weighted by Crippen LogP contribution is -2.21. The Hall–Kier alpha value is -2.02. The molecule has 2 atom stereocenters. The zero-order chi connectivity index (χ0) is 21.8. The van der Waals surface area contributed by atoms with Crippen molar-refractivity contribution in [3.05, 3.63) is 105 Å². The van der Waals surface area contributed by atoms with E-state index in [1.54, 1.807) is 37.2 Å². The van der Waals surface area contributed by atoms with Gasteiger partial charge in [-0.05, 0) is 35.4 Å². The number of nitrogens with zero attached hydrogens (tertiary/aromatic N) is 4. The SMILES string of the molecule is Clc1ccc([C@H](COC[C@@H](c2ccc(Cl)cc2Cl)n2ccnc2)n2ccnc2)c(Cl)c1. The molecular weight excluding hydrogens is 478 g/mol. The second-order valence-electron chi connectivity index (χ2n) is 6.92. The summed E-state index contributed by atoms with van der Waals surface area (Å²) in [7, 11) is 0. The molecule has 2 aromatic carbocycles. The van der Waals surface area contributed by atoms with E-state index < -0.39 is 0 Å². The normalized spacial score (nSPS) is 13.3. The van der Waals surface area contributed by atoms with Crippen molar-refractivity contribution in [2.75, 3.05) is 13.2 Å². The van der Waals surface area contributed by atoms with Crippen molar-refractivity contribution in [3.8, 4) is 0 Å². The van der Waals surface area contributed by atoms with Crippen LogP contribution in [0, 0.1) is 0 Å². The molecule has 9 heteroatoms. The van der Waals surface area contributed by atoms with E-state index in [-0.39, 0.29) is 12.1 Å². The van der Waals surface area contributed by atoms with E-state index in [4.69, 9.17) is 51.1 Å². The summed E-state index contributed by atoms with van der Waals surface area (Å²) in [4.78, 5) is 8.33. The minimum absolute atomic E-state index is 0.170. The molecule has 160 valence electrons. The molecule has 2 aromatic heterocycles. The molecule has 0 saturated carbocycles. The zero-order valence-corrected chi connectivity index (χ0v) is 19.2. The molecule has 4 rings (SSSR count). The molecule has 0 fully saturated rings. The predicted molar refractivity (Wildman–Crippen MR) is 124 cm³/mol. The number of rotatable bonds is 8. The molecule has 0 aliphatic heterocycles. The Labute approximate surface area is 200 Å². The molecule has 31 heavy (non-hydrogen) atoms. The van der Waals surface area contributed by atoms with Crippen LogP contribution in [0.5, 0.6) is 0 Å². The zero-order valence-electron chi connectivity index (χ0n) is 16.2. The highest BCUT2D eigenvalue weighted by molar-refractivity contribution is 6.35. The molecule has 0 amide bonds. The first-order valence-corrected chi connectivity index (χ1v) is 11.0. The van der Waals surface area contributed by atoms with Crippen LogP contribution in [-0.4, -0.2) is 32.3 Å². The molecule has 0 aliphatic rings. The first-order chi connectivity index (χ1) is 15.0. The van der Waals surface area contributed by atoms with Gasteiger partial charge in [0.2, 0.25) is 0 Å². The number of ether oxygens (including phenoxy) is 1. The molecule has 0 radical (unpaired) electrons. The fourth-order valence-corrected chi connectivity index (χ4v) is 4.48. The van der Waals surface area contributed by atoms with E-state index >= 15 is 0 Å². The molecule has 0 N–H and O–H groups in total. The van der Waals surface area contributed by atoms with Gasteiger partial charge < -0.3 is 13.9 Å². The maximum atomic E-state index is 6.48. The van der Waals surface area contributed by atoms with Crippen LogP contribution in [0.1, 0.15) is 23.2 Å². The summed E-state index contributed by atoms with van der Waals surface area (Å²) in [6.45, 7) is 0.738. The number of hydrogen-bond acceptors (Lipinski definition) is 3. The highest BCUT2D eigenvalue weighted by atomic mass is 35.5. The van der Waals surface area contributed by atoms with E-state index in [1.807, 2.05) is 45.8 Å². The fourth-order valence-electron chi connectivity index (χ4n) is 3.42. The van der Waals surface area contributed by atoms with E-state index in [1.165, 1.54) is 0 Å². The summed E-state index contributed by atoms with van der Waals surface area (Å²) in [6, 6.07) is 10.6. The third-order valence-corrected chi connectivity index (χ3v) is 6.09. The summed E-state index contributed by atoms with van der Waals surface area (Å²) in [6.07, 6.45) is 10.7. The third-order valence-electron chi connectivity index (χ3n) is 4.96. The summed E-state index contributed by atoms with van der Waals surface area (Å²) >= 11 is 25.1. The van der Waals surface area contributed by atoms with Crippen LogP contribution < -0.4 is 0 Å². The van der Waals surface area contributed by atoms with E-state index in [9.17, 15) is 0 Å². The average molecular weight is 496 g/mol. The predicted octanol–water partition coefficient (Wildman–Crippen LogP) is 6.59. The Morgan fingerprint density at radius 3 is 1.52 bits per heavy atom. The Kier molecular flexibility index (Phi) is 7.20. The largest absolute Gasteiger partial charge is 0.376 e. The fraction of sp³-hybridized carbons (Fsp3) is 0.182. The molecule has 4 aromatic rings. The van der Waals surface area contributed by atoms with Crippen molar-refractivity contribution in [1.29, 1.82) is 0 Å². The van der Waals surface area contributed by atoms with Gasteiger partial charge in [-0.1, -0.05) is 58.5 Å². The van der Waals surface area contributed by atoms with Gasteiger partial charge in [0.15, 0.2) is 0 Å². The molecule has 0 saturated heterocycles. The third kappa shape index (κ3) is 5.25. The van der Waals surface area contributed by atoms with Crippen LogP contribution >= 0.6 is 46.4 Å². The minimum atomic E-state index is -0.170. The molecule has 0 bridgehead atoms. The van der Waals surface area contributed by atoms with Crippen molar-refractivity contribution in [2.45, 2.75) is 12.1 Å². The van der Waals surface area contributed by atoms with Gasteiger partial charge in [-0.3, -0.25) is 0 Å². The second kappa shape index (κ2) is 10.1. The summed E-state index contributed by atoms with van der Waals surface area (Å²) in [5, 5.41) is 2.30. The molecular formula is C22H18Cl4N4O. The van der Waals surface area contributed by atoms with Gasteiger partial charge in [-0.15, -0.1) is 0 Å². The summed E-state index contributed by atoms with van der Waals surface area (Å²) in [5.74, 6) is 0. The average Bonchev–Trinajstić information content (AvgIpc) is 3.44. The van der Waals surface area contributed by atoms with Crippen LogP contribution in [0.3, 0.4) is 0 Å². The van der Waals surface area contributed by atoms with Crippen molar-refractivity contribution < 1.29 is 4.74 Å². The maximum Gasteiger partial charge on any atom is 0.0952 e. The second-order valence-corrected chi connectivity index (χ2v) is 8.61. The standard InChI is InChI=1S/C22H18Cl4N4O/c23-15-1-3-17(19(25)9-15)21(29-7-5-27-13-29)11-31-12-22(30-8-6-28-14-30)18-4-2-16(24)10-20(18)26/h1-10,13-14,21-22H,11-12H2/t21-,22-/m0/s1. The van der Waals surface area contributed by atoms with Crippen LogP contribution in [0.4, 0.5) is 0 Å². The van der Waals surface area contributed by atoms with Crippen LogP contribution in [-0.2, 0) is 4.74 Å².